The van der Waals surface area contributed by atoms with Crippen LogP contribution in [0, 0.1) is 5.39 Å². The Labute approximate surface area is 43.6 Å². The molecule has 1 aromatic heterocycles. The van der Waals surface area contributed by atoms with Crippen molar-refractivity contribution in [2.75, 3.05) is 0 Å². The quantitative estimate of drug-likeness (QED) is 0.472. The van der Waals surface area contributed by atoms with E-state index >= 15 is 0 Å². The van der Waals surface area contributed by atoms with Gasteiger partial charge >= 0.3 is 5.95 Å². The van der Waals surface area contributed by atoms with Crippen LogP contribution < -0.4 is 0 Å². The van der Waals surface area contributed by atoms with E-state index in [1.165, 1.54) is 5.51 Å². The molecule has 34 valence electrons. The Bertz CT molecular complexity index is 172. The van der Waals surface area contributed by atoms with Gasteiger partial charge in [-0.2, -0.15) is 0 Å². The lowest BCUT2D eigenvalue weighted by Crippen LogP contribution is -1.54. The zero-order valence-corrected chi connectivity index (χ0v) is 4.09. The highest BCUT2D eigenvalue weighted by Gasteiger charge is 2.04. The third-order valence-corrected chi connectivity index (χ3v) is 0.908. The molecule has 0 atom stereocenters. The van der Waals surface area contributed by atoms with E-state index in [9.17, 15) is 0 Å². The Morgan fingerprint density at radius 2 is 2.71 bits per heavy atom. The summed E-state index contributed by atoms with van der Waals surface area (Å²) in [5, 5.41) is 7.93. The van der Waals surface area contributed by atoms with Crippen LogP contribution in [0.2, 0.25) is 0 Å². The zero-order chi connectivity index (χ0) is 5.11. The number of hydrogen-bond acceptors (Lipinski definition) is 4. The molecule has 1 aromatic rings. The van der Waals surface area contributed by atoms with Gasteiger partial charge in [0.2, 0.25) is 0 Å². The molecule has 0 fully saturated rings. The van der Waals surface area contributed by atoms with Crippen LogP contribution in [0.3, 0.4) is 0 Å². The fourth-order valence-corrected chi connectivity index (χ4v) is 0.576. The van der Waals surface area contributed by atoms with Crippen LogP contribution in [0.1, 0.15) is 0 Å². The summed E-state index contributed by atoms with van der Waals surface area (Å²) in [5.74, 6) is 0.130. The first-order valence-corrected chi connectivity index (χ1v) is 2.38. The maximum Gasteiger partial charge on any atom is 0.574 e. The van der Waals surface area contributed by atoms with Crippen LogP contribution in [-0.2, 0) is 0 Å². The monoisotopic (exact) mass is 113 g/mol. The maximum atomic E-state index is 7.93. The Hall–Kier alpha value is -1.02. The van der Waals surface area contributed by atoms with Crippen LogP contribution in [0.25, 0.3) is 4.98 Å². The third kappa shape index (κ3) is 0.694. The van der Waals surface area contributed by atoms with Crippen molar-refractivity contribution in [1.29, 1.82) is 5.39 Å². The van der Waals surface area contributed by atoms with Crippen molar-refractivity contribution < 1.29 is 0 Å². The summed E-state index contributed by atoms with van der Waals surface area (Å²) in [4.78, 5) is 6.24. The second-order valence-corrected chi connectivity index (χ2v) is 1.44. The molecule has 0 aliphatic heterocycles. The molecule has 0 N–H and O–H groups in total. The minimum absolute atomic E-state index is 0.130. The highest BCUT2D eigenvalue weighted by Crippen LogP contribution is 2.01. The average Bonchev–Trinajstić information content (AvgIpc) is 2.14. The first-order chi connectivity index (χ1) is 3.43. The van der Waals surface area contributed by atoms with Crippen molar-refractivity contribution in [3.05, 3.63) is 10.5 Å². The van der Waals surface area contributed by atoms with Gasteiger partial charge in [0.1, 0.15) is 0 Å². The molecule has 0 saturated carbocycles. The Kier molecular flexibility index (Phi) is 0.959. The molecule has 5 heteroatoms. The lowest BCUT2D eigenvalue weighted by atomic mass is 11.1. The Morgan fingerprint density at radius 1 is 1.86 bits per heavy atom. The molecule has 4 nitrogen and oxygen atoms in total. The van der Waals surface area contributed by atoms with E-state index in [1.807, 2.05) is 0 Å². The van der Waals surface area contributed by atoms with Gasteiger partial charge in [-0.25, -0.2) is 0 Å². The molecule has 0 radical (unpaired) electrons. The SMILES string of the molecule is N#[N+]c1ncsn1. The van der Waals surface area contributed by atoms with Gasteiger partial charge in [-0.05, 0) is 9.96 Å². The molecule has 0 amide bonds. The first kappa shape index (κ1) is 4.15. The van der Waals surface area contributed by atoms with Gasteiger partial charge in [-0.3, -0.25) is 0 Å². The van der Waals surface area contributed by atoms with Crippen LogP contribution in [0.4, 0.5) is 5.95 Å². The van der Waals surface area contributed by atoms with Crippen molar-refractivity contribution >= 4 is 17.5 Å². The molecular weight excluding hydrogens is 112 g/mol. The van der Waals surface area contributed by atoms with E-state index in [-0.39, 0.29) is 5.95 Å². The summed E-state index contributed by atoms with van der Waals surface area (Å²) >= 11 is 1.15. The second-order valence-electron chi connectivity index (χ2n) is 0.831. The van der Waals surface area contributed by atoms with Gasteiger partial charge in [-0.15, -0.1) is 0 Å². The molecular formula is C2HN4S+. The molecule has 0 aromatic carbocycles. The summed E-state index contributed by atoms with van der Waals surface area (Å²) < 4.78 is 3.55. The van der Waals surface area contributed by atoms with Gasteiger partial charge in [0, 0.05) is 4.37 Å². The van der Waals surface area contributed by atoms with Gasteiger partial charge in [0.25, 0.3) is 0 Å². The topological polar surface area (TPSA) is 53.9 Å². The normalized spacial score (nSPS) is 7.86. The Balaban J connectivity index is 3.04. The van der Waals surface area contributed by atoms with Gasteiger partial charge in [-0.1, -0.05) is 0 Å². The van der Waals surface area contributed by atoms with Crippen LogP contribution >= 0.6 is 11.5 Å². The van der Waals surface area contributed by atoms with E-state index in [0.717, 1.165) is 11.5 Å². The van der Waals surface area contributed by atoms with E-state index in [2.05, 4.69) is 14.3 Å². The zero-order valence-electron chi connectivity index (χ0n) is 3.27. The van der Waals surface area contributed by atoms with E-state index in [0.29, 0.717) is 0 Å². The summed E-state index contributed by atoms with van der Waals surface area (Å²) in [6.07, 6.45) is 0. The van der Waals surface area contributed by atoms with Crippen molar-refractivity contribution in [2.45, 2.75) is 0 Å². The van der Waals surface area contributed by atoms with E-state index < -0.39 is 0 Å². The molecule has 0 unspecified atom stereocenters. The molecule has 1 rings (SSSR count). The van der Waals surface area contributed by atoms with Crippen LogP contribution in [-0.4, -0.2) is 9.36 Å². The van der Waals surface area contributed by atoms with Crippen LogP contribution in [0.5, 0.6) is 0 Å². The molecule has 0 spiro atoms. The van der Waals surface area contributed by atoms with Gasteiger partial charge in [0.15, 0.2) is 5.51 Å². The minimum atomic E-state index is 0.130. The number of diazo groups is 1. The fourth-order valence-electron chi connectivity index (χ4n) is 0.209. The highest BCUT2D eigenvalue weighted by molar-refractivity contribution is 7.03. The molecule has 0 aliphatic carbocycles. The molecule has 0 bridgehead atoms. The standard InChI is InChI=1S/C2HN4S/c3-5-2-4-1-7-6-2/h1H/q+1. The number of rotatable bonds is 0. The summed E-state index contributed by atoms with van der Waals surface area (Å²) in [6.45, 7) is 0. The number of aromatic nitrogens is 2. The summed E-state index contributed by atoms with van der Waals surface area (Å²) in [7, 11) is 0. The van der Waals surface area contributed by atoms with Gasteiger partial charge in [0.05, 0.1) is 16.9 Å². The fraction of sp³-hybridized carbons (Fsp3) is 0. The third-order valence-electron chi connectivity index (χ3n) is 0.439. The minimum Gasteiger partial charge on any atom is -0.0439 e. The van der Waals surface area contributed by atoms with Crippen molar-refractivity contribution in [1.82, 2.24) is 9.36 Å². The maximum absolute atomic E-state index is 7.93. The summed E-state index contributed by atoms with van der Waals surface area (Å²) in [5.41, 5.74) is 1.50. The Morgan fingerprint density at radius 3 is 3.00 bits per heavy atom. The number of nitrogens with zero attached hydrogens (tertiary/aromatic N) is 4. The van der Waals surface area contributed by atoms with E-state index in [1.54, 1.807) is 0 Å². The molecule has 0 saturated heterocycles. The second kappa shape index (κ2) is 1.62. The molecule has 0 aliphatic rings. The smallest absolute Gasteiger partial charge is 0.0439 e. The van der Waals surface area contributed by atoms with Crippen molar-refractivity contribution in [3.63, 3.8) is 0 Å². The molecule has 7 heavy (non-hydrogen) atoms. The molecule has 1 heterocycles. The first-order valence-electron chi connectivity index (χ1n) is 1.55. The van der Waals surface area contributed by atoms with E-state index in [4.69, 9.17) is 5.39 Å². The predicted octanol–water partition coefficient (Wildman–Crippen LogP) is 1.02. The lowest BCUT2D eigenvalue weighted by Gasteiger charge is -1.43. The number of hydrogen-bond donors (Lipinski definition) is 0. The average molecular weight is 113 g/mol. The summed E-state index contributed by atoms with van der Waals surface area (Å²) in [6, 6.07) is 0. The van der Waals surface area contributed by atoms with Crippen molar-refractivity contribution in [2.24, 2.45) is 0 Å². The van der Waals surface area contributed by atoms with Gasteiger partial charge < -0.3 is 0 Å². The largest absolute Gasteiger partial charge is 0.574 e. The van der Waals surface area contributed by atoms with Crippen LogP contribution in [0.15, 0.2) is 5.51 Å². The predicted molar refractivity (Wildman–Crippen MR) is 24.7 cm³/mol. The highest BCUT2D eigenvalue weighted by atomic mass is 32.1. The lowest BCUT2D eigenvalue weighted by molar-refractivity contribution is 1.31. The van der Waals surface area contributed by atoms with Crippen molar-refractivity contribution in [3.8, 4) is 0 Å².